The maximum absolute atomic E-state index is 12.4. The molecule has 0 spiro atoms. The molecule has 0 aromatic carbocycles. The summed E-state index contributed by atoms with van der Waals surface area (Å²) in [4.78, 5) is 23.9. The van der Waals surface area contributed by atoms with Crippen molar-refractivity contribution in [3.63, 3.8) is 0 Å². The third-order valence-electron chi connectivity index (χ3n) is 8.59. The molecular weight excluding hydrogens is 300 g/mol. The molecule has 4 saturated carbocycles. The molecule has 134 valence electrons. The van der Waals surface area contributed by atoms with Gasteiger partial charge in [0.25, 0.3) is 0 Å². The molecule has 0 amide bonds. The molecule has 0 N–H and O–H groups in total. The number of ketones is 1. The molecule has 4 aliphatic rings. The first-order valence-electron chi connectivity index (χ1n) is 10.0. The van der Waals surface area contributed by atoms with Crippen LogP contribution in [0.15, 0.2) is 0 Å². The van der Waals surface area contributed by atoms with Crippen molar-refractivity contribution in [1.82, 2.24) is 0 Å². The number of rotatable bonds is 1. The maximum atomic E-state index is 12.4. The van der Waals surface area contributed by atoms with Gasteiger partial charge in [-0.15, -0.1) is 0 Å². The SMILES string of the molecule is CC(=O)O[C@@H]1C[C@@]2(C)[C@@H](CC[C@@H]3[C@H]4CCC[C@@]4(C)CC[C@H]32)CC1=O. The van der Waals surface area contributed by atoms with Crippen LogP contribution in [0.4, 0.5) is 0 Å². The Morgan fingerprint density at radius 3 is 2.62 bits per heavy atom. The van der Waals surface area contributed by atoms with E-state index in [1.165, 1.54) is 51.9 Å². The van der Waals surface area contributed by atoms with Gasteiger partial charge in [-0.2, -0.15) is 0 Å². The van der Waals surface area contributed by atoms with Crippen LogP contribution in [0, 0.1) is 34.5 Å². The molecule has 3 nitrogen and oxygen atoms in total. The lowest BCUT2D eigenvalue weighted by atomic mass is 9.45. The molecule has 0 bridgehead atoms. The minimum atomic E-state index is -0.487. The van der Waals surface area contributed by atoms with Crippen molar-refractivity contribution >= 4 is 11.8 Å². The van der Waals surface area contributed by atoms with E-state index in [-0.39, 0.29) is 17.2 Å². The summed E-state index contributed by atoms with van der Waals surface area (Å²) in [6.45, 7) is 6.37. The van der Waals surface area contributed by atoms with Crippen LogP contribution in [0.5, 0.6) is 0 Å². The Morgan fingerprint density at radius 1 is 1.08 bits per heavy atom. The van der Waals surface area contributed by atoms with E-state index in [2.05, 4.69) is 13.8 Å². The quantitative estimate of drug-likeness (QED) is 0.663. The summed E-state index contributed by atoms with van der Waals surface area (Å²) < 4.78 is 5.42. The van der Waals surface area contributed by atoms with E-state index in [0.29, 0.717) is 17.8 Å². The van der Waals surface area contributed by atoms with Crippen LogP contribution in [0.25, 0.3) is 0 Å². The zero-order chi connectivity index (χ0) is 17.1. The molecule has 7 atom stereocenters. The van der Waals surface area contributed by atoms with E-state index in [4.69, 9.17) is 4.74 Å². The number of carbonyl (C=O) groups is 2. The van der Waals surface area contributed by atoms with Crippen molar-refractivity contribution in [2.24, 2.45) is 34.5 Å². The summed E-state index contributed by atoms with van der Waals surface area (Å²) in [7, 11) is 0. The zero-order valence-corrected chi connectivity index (χ0v) is 15.5. The lowest BCUT2D eigenvalue weighted by Crippen LogP contribution is -2.55. The summed E-state index contributed by atoms with van der Waals surface area (Å²) in [5.41, 5.74) is 0.755. The van der Waals surface area contributed by atoms with Gasteiger partial charge < -0.3 is 4.74 Å². The molecule has 4 rings (SSSR count). The number of hydrogen-bond donors (Lipinski definition) is 0. The van der Waals surface area contributed by atoms with Gasteiger partial charge in [0.15, 0.2) is 11.9 Å². The lowest BCUT2D eigenvalue weighted by molar-refractivity contribution is -0.170. The molecule has 0 radical (unpaired) electrons. The predicted octanol–water partition coefficient (Wildman–Crippen LogP) is 4.53. The van der Waals surface area contributed by atoms with E-state index in [1.807, 2.05) is 0 Å². The minimum Gasteiger partial charge on any atom is -0.455 e. The Labute approximate surface area is 145 Å². The molecule has 0 unspecified atom stereocenters. The Kier molecular flexibility index (Phi) is 3.85. The highest BCUT2D eigenvalue weighted by Crippen LogP contribution is 2.66. The standard InChI is InChI=1S/C21H32O3/c1-13(22)24-19-12-21(3)14(11-18(19)23)6-7-15-16-5-4-9-20(16,2)10-8-17(15)21/h14-17,19H,4-12H2,1-3H3/t14-,15+,16+,17+,19+,20-,21-/m0/s1. The average Bonchev–Trinajstić information content (AvgIpc) is 2.90. The van der Waals surface area contributed by atoms with Crippen molar-refractivity contribution in [3.05, 3.63) is 0 Å². The third-order valence-corrected chi connectivity index (χ3v) is 8.59. The van der Waals surface area contributed by atoms with Gasteiger partial charge in [0, 0.05) is 13.3 Å². The van der Waals surface area contributed by atoms with E-state index < -0.39 is 6.10 Å². The Morgan fingerprint density at radius 2 is 1.88 bits per heavy atom. The number of carbonyl (C=O) groups excluding carboxylic acids is 2. The highest BCUT2D eigenvalue weighted by molar-refractivity contribution is 5.86. The molecule has 3 heteroatoms. The molecule has 0 heterocycles. The Bertz CT molecular complexity index is 555. The molecule has 4 fully saturated rings. The second kappa shape index (κ2) is 5.57. The number of hydrogen-bond acceptors (Lipinski definition) is 3. The van der Waals surface area contributed by atoms with Crippen molar-refractivity contribution in [1.29, 1.82) is 0 Å². The van der Waals surface area contributed by atoms with E-state index in [1.54, 1.807) is 0 Å². The topological polar surface area (TPSA) is 43.4 Å². The highest BCUT2D eigenvalue weighted by atomic mass is 16.5. The summed E-state index contributed by atoms with van der Waals surface area (Å²) in [6.07, 6.45) is 10.3. The van der Waals surface area contributed by atoms with Gasteiger partial charge in [0.05, 0.1) is 0 Å². The molecule has 4 aliphatic carbocycles. The van der Waals surface area contributed by atoms with Crippen molar-refractivity contribution in [3.8, 4) is 0 Å². The number of Topliss-reactive ketones (excluding diaryl/α,β-unsaturated/α-hetero) is 1. The van der Waals surface area contributed by atoms with E-state index >= 15 is 0 Å². The fourth-order valence-corrected chi connectivity index (χ4v) is 7.38. The van der Waals surface area contributed by atoms with Crippen LogP contribution >= 0.6 is 0 Å². The minimum absolute atomic E-state index is 0.160. The maximum Gasteiger partial charge on any atom is 0.303 e. The van der Waals surface area contributed by atoms with Crippen LogP contribution in [-0.2, 0) is 14.3 Å². The zero-order valence-electron chi connectivity index (χ0n) is 15.5. The fraction of sp³-hybridized carbons (Fsp3) is 0.905. The first-order valence-corrected chi connectivity index (χ1v) is 10.0. The van der Waals surface area contributed by atoms with Crippen LogP contribution in [0.2, 0.25) is 0 Å². The van der Waals surface area contributed by atoms with Crippen LogP contribution in [0.1, 0.15) is 78.6 Å². The lowest BCUT2D eigenvalue weighted by Gasteiger charge is -2.60. The Hall–Kier alpha value is -0.860. The number of ether oxygens (including phenoxy) is 1. The summed E-state index contributed by atoms with van der Waals surface area (Å²) in [6, 6.07) is 0. The van der Waals surface area contributed by atoms with Gasteiger partial charge in [-0.1, -0.05) is 20.3 Å². The van der Waals surface area contributed by atoms with Crippen molar-refractivity contribution in [2.45, 2.75) is 84.7 Å². The Balaban J connectivity index is 1.61. The number of fused-ring (bicyclic) bond motifs is 5. The second-order valence-electron chi connectivity index (χ2n) is 9.71. The van der Waals surface area contributed by atoms with Gasteiger partial charge in [-0.05, 0) is 79.4 Å². The molecule has 0 aliphatic heterocycles. The van der Waals surface area contributed by atoms with Crippen LogP contribution in [0.3, 0.4) is 0 Å². The molecule has 0 aromatic heterocycles. The monoisotopic (exact) mass is 332 g/mol. The average molecular weight is 332 g/mol. The van der Waals surface area contributed by atoms with Crippen molar-refractivity contribution in [2.75, 3.05) is 0 Å². The first kappa shape index (κ1) is 16.6. The van der Waals surface area contributed by atoms with Gasteiger partial charge in [0.1, 0.15) is 0 Å². The first-order chi connectivity index (χ1) is 11.3. The van der Waals surface area contributed by atoms with E-state index in [0.717, 1.165) is 24.2 Å². The number of esters is 1. The van der Waals surface area contributed by atoms with Gasteiger partial charge in [0.2, 0.25) is 0 Å². The highest BCUT2D eigenvalue weighted by Gasteiger charge is 2.59. The molecular formula is C21H32O3. The normalized spacial score (nSPS) is 50.6. The molecule has 24 heavy (non-hydrogen) atoms. The van der Waals surface area contributed by atoms with Gasteiger partial charge in [-0.3, -0.25) is 9.59 Å². The molecule has 0 aromatic rings. The van der Waals surface area contributed by atoms with Crippen LogP contribution < -0.4 is 0 Å². The van der Waals surface area contributed by atoms with Crippen LogP contribution in [-0.4, -0.2) is 17.9 Å². The predicted molar refractivity (Wildman–Crippen MR) is 92.3 cm³/mol. The molecule has 0 saturated heterocycles. The summed E-state index contributed by atoms with van der Waals surface area (Å²) in [5.74, 6) is 2.79. The fourth-order valence-electron chi connectivity index (χ4n) is 7.38. The summed E-state index contributed by atoms with van der Waals surface area (Å²) >= 11 is 0. The summed E-state index contributed by atoms with van der Waals surface area (Å²) in [5, 5.41) is 0. The second-order valence-corrected chi connectivity index (χ2v) is 9.71. The van der Waals surface area contributed by atoms with Gasteiger partial charge in [-0.25, -0.2) is 0 Å². The van der Waals surface area contributed by atoms with E-state index in [9.17, 15) is 9.59 Å². The largest absolute Gasteiger partial charge is 0.455 e. The van der Waals surface area contributed by atoms with Gasteiger partial charge >= 0.3 is 5.97 Å². The smallest absolute Gasteiger partial charge is 0.303 e. The third kappa shape index (κ3) is 2.37. The van der Waals surface area contributed by atoms with Crippen molar-refractivity contribution < 1.29 is 14.3 Å².